The predicted octanol–water partition coefficient (Wildman–Crippen LogP) is 1.05. The third-order valence-corrected chi connectivity index (χ3v) is 2.40. The molecular formula is C9H14O4. The number of rotatable bonds is 3. The van der Waals surface area contributed by atoms with E-state index in [1.54, 1.807) is 6.92 Å². The molecule has 0 aromatic rings. The first-order valence-corrected chi connectivity index (χ1v) is 4.54. The van der Waals surface area contributed by atoms with Gasteiger partial charge in [0.2, 0.25) is 0 Å². The van der Waals surface area contributed by atoms with E-state index >= 15 is 0 Å². The highest BCUT2D eigenvalue weighted by molar-refractivity contribution is 5.76. The third kappa shape index (κ3) is 2.44. The number of hydrogen-bond acceptors (Lipinski definition) is 3. The van der Waals surface area contributed by atoms with Gasteiger partial charge < -0.3 is 9.84 Å². The first-order chi connectivity index (χ1) is 6.15. The van der Waals surface area contributed by atoms with E-state index in [4.69, 9.17) is 9.84 Å². The normalized spacial score (nSPS) is 27.2. The van der Waals surface area contributed by atoms with Crippen LogP contribution in [0.2, 0.25) is 0 Å². The molecule has 0 aromatic heterocycles. The molecule has 0 heterocycles. The third-order valence-electron chi connectivity index (χ3n) is 2.40. The summed E-state index contributed by atoms with van der Waals surface area (Å²) in [5, 5.41) is 8.69. The molecule has 0 unspecified atom stereocenters. The molecule has 1 saturated carbocycles. The lowest BCUT2D eigenvalue weighted by molar-refractivity contribution is -0.148. The van der Waals surface area contributed by atoms with Crippen molar-refractivity contribution in [2.24, 2.45) is 11.8 Å². The molecule has 1 aliphatic rings. The lowest BCUT2D eigenvalue weighted by Crippen LogP contribution is -2.16. The highest BCUT2D eigenvalue weighted by atomic mass is 16.5. The first kappa shape index (κ1) is 10.0. The Labute approximate surface area is 76.9 Å². The number of carboxylic acids is 1. The first-order valence-electron chi connectivity index (χ1n) is 4.54. The Balaban J connectivity index is 2.40. The molecule has 0 amide bonds. The molecular weight excluding hydrogens is 172 g/mol. The highest BCUT2D eigenvalue weighted by Crippen LogP contribution is 2.31. The van der Waals surface area contributed by atoms with Gasteiger partial charge in [-0.15, -0.1) is 0 Å². The molecule has 74 valence electrons. The Morgan fingerprint density at radius 2 is 2.00 bits per heavy atom. The van der Waals surface area contributed by atoms with Crippen molar-refractivity contribution >= 4 is 11.9 Å². The van der Waals surface area contributed by atoms with Crippen molar-refractivity contribution in [3.63, 3.8) is 0 Å². The van der Waals surface area contributed by atoms with Crippen LogP contribution >= 0.6 is 0 Å². The number of carbonyl (C=O) groups excluding carboxylic acids is 1. The molecule has 2 atom stereocenters. The Hall–Kier alpha value is -1.06. The summed E-state index contributed by atoms with van der Waals surface area (Å²) in [6, 6.07) is 0. The topological polar surface area (TPSA) is 63.6 Å². The van der Waals surface area contributed by atoms with Crippen LogP contribution in [0.3, 0.4) is 0 Å². The molecule has 0 bridgehead atoms. The Bertz CT molecular complexity index is 212. The van der Waals surface area contributed by atoms with Crippen LogP contribution in [0.5, 0.6) is 0 Å². The van der Waals surface area contributed by atoms with E-state index in [0.717, 1.165) is 0 Å². The van der Waals surface area contributed by atoms with Gasteiger partial charge in [0.15, 0.2) is 0 Å². The second kappa shape index (κ2) is 4.25. The summed E-state index contributed by atoms with van der Waals surface area (Å²) in [5.74, 6) is -1.59. The van der Waals surface area contributed by atoms with Gasteiger partial charge >= 0.3 is 11.9 Å². The molecule has 1 N–H and O–H groups in total. The average Bonchev–Trinajstić information content (AvgIpc) is 2.52. The lowest BCUT2D eigenvalue weighted by atomic mass is 10.1. The van der Waals surface area contributed by atoms with Gasteiger partial charge in [0.25, 0.3) is 0 Å². The van der Waals surface area contributed by atoms with Crippen molar-refractivity contribution < 1.29 is 19.4 Å². The van der Waals surface area contributed by atoms with Crippen molar-refractivity contribution in [1.29, 1.82) is 0 Å². The number of esters is 1. The zero-order valence-corrected chi connectivity index (χ0v) is 7.66. The number of carbonyl (C=O) groups is 2. The fraction of sp³-hybridized carbons (Fsp3) is 0.778. The fourth-order valence-electron chi connectivity index (χ4n) is 1.68. The fourth-order valence-corrected chi connectivity index (χ4v) is 1.68. The second-order valence-corrected chi connectivity index (χ2v) is 3.30. The van der Waals surface area contributed by atoms with E-state index in [1.165, 1.54) is 0 Å². The van der Waals surface area contributed by atoms with Crippen LogP contribution in [-0.2, 0) is 14.3 Å². The SMILES string of the molecule is CCOC(=O)[C@H]1CC[C@H](C(=O)O)C1. The molecule has 0 aromatic carbocycles. The minimum atomic E-state index is -0.799. The van der Waals surface area contributed by atoms with E-state index in [1.807, 2.05) is 0 Å². The molecule has 0 spiro atoms. The van der Waals surface area contributed by atoms with Gasteiger partial charge in [-0.3, -0.25) is 9.59 Å². The van der Waals surface area contributed by atoms with Crippen LogP contribution < -0.4 is 0 Å². The summed E-state index contributed by atoms with van der Waals surface area (Å²) in [6.07, 6.45) is 1.68. The van der Waals surface area contributed by atoms with Gasteiger partial charge in [-0.25, -0.2) is 0 Å². The van der Waals surface area contributed by atoms with Crippen LogP contribution in [0, 0.1) is 11.8 Å². The molecule has 13 heavy (non-hydrogen) atoms. The minimum Gasteiger partial charge on any atom is -0.481 e. The van der Waals surface area contributed by atoms with Crippen LogP contribution in [0.15, 0.2) is 0 Å². The average molecular weight is 186 g/mol. The number of aliphatic carboxylic acids is 1. The molecule has 1 rings (SSSR count). The molecule has 4 nitrogen and oxygen atoms in total. The van der Waals surface area contributed by atoms with Crippen LogP contribution in [0.4, 0.5) is 0 Å². The van der Waals surface area contributed by atoms with E-state index in [2.05, 4.69) is 0 Å². The molecule has 1 fully saturated rings. The standard InChI is InChI=1S/C9H14O4/c1-2-13-9(12)7-4-3-6(5-7)8(10)11/h6-7H,2-5H2,1H3,(H,10,11)/t6-,7-/m0/s1. The van der Waals surface area contributed by atoms with Crippen molar-refractivity contribution in [2.45, 2.75) is 26.2 Å². The van der Waals surface area contributed by atoms with Crippen LogP contribution in [-0.4, -0.2) is 23.7 Å². The molecule has 1 aliphatic carbocycles. The van der Waals surface area contributed by atoms with Crippen LogP contribution in [0.1, 0.15) is 26.2 Å². The van der Waals surface area contributed by atoms with Gasteiger partial charge in [0, 0.05) is 0 Å². The van der Waals surface area contributed by atoms with E-state index in [9.17, 15) is 9.59 Å². The van der Waals surface area contributed by atoms with Crippen LogP contribution in [0.25, 0.3) is 0 Å². The summed E-state index contributed by atoms with van der Waals surface area (Å²) >= 11 is 0. The molecule has 0 saturated heterocycles. The largest absolute Gasteiger partial charge is 0.481 e. The predicted molar refractivity (Wildman–Crippen MR) is 45.1 cm³/mol. The van der Waals surface area contributed by atoms with Crippen molar-refractivity contribution in [3.05, 3.63) is 0 Å². The zero-order valence-electron chi connectivity index (χ0n) is 7.66. The Morgan fingerprint density at radius 3 is 2.46 bits per heavy atom. The van der Waals surface area contributed by atoms with E-state index in [-0.39, 0.29) is 17.8 Å². The van der Waals surface area contributed by atoms with Gasteiger partial charge in [0.1, 0.15) is 0 Å². The van der Waals surface area contributed by atoms with Gasteiger partial charge in [-0.1, -0.05) is 0 Å². The lowest BCUT2D eigenvalue weighted by Gasteiger charge is -2.07. The number of ether oxygens (including phenoxy) is 1. The summed E-state index contributed by atoms with van der Waals surface area (Å²) in [6.45, 7) is 2.12. The zero-order chi connectivity index (χ0) is 9.84. The maximum Gasteiger partial charge on any atom is 0.308 e. The quantitative estimate of drug-likeness (QED) is 0.669. The van der Waals surface area contributed by atoms with Gasteiger partial charge in [0.05, 0.1) is 18.4 Å². The minimum absolute atomic E-state index is 0.193. The highest BCUT2D eigenvalue weighted by Gasteiger charge is 2.34. The van der Waals surface area contributed by atoms with Gasteiger partial charge in [-0.2, -0.15) is 0 Å². The Kier molecular flexibility index (Phi) is 3.28. The summed E-state index contributed by atoms with van der Waals surface area (Å²) in [5.41, 5.74) is 0. The summed E-state index contributed by atoms with van der Waals surface area (Å²) in [4.78, 5) is 21.8. The second-order valence-electron chi connectivity index (χ2n) is 3.30. The summed E-state index contributed by atoms with van der Waals surface area (Å²) < 4.78 is 4.82. The van der Waals surface area contributed by atoms with Crippen molar-refractivity contribution in [3.8, 4) is 0 Å². The monoisotopic (exact) mass is 186 g/mol. The summed E-state index contributed by atoms with van der Waals surface area (Å²) in [7, 11) is 0. The smallest absolute Gasteiger partial charge is 0.308 e. The van der Waals surface area contributed by atoms with Crippen molar-refractivity contribution in [1.82, 2.24) is 0 Å². The maximum atomic E-state index is 11.2. The number of carboxylic acid groups (broad SMARTS) is 1. The van der Waals surface area contributed by atoms with Gasteiger partial charge in [-0.05, 0) is 26.2 Å². The molecule has 0 radical (unpaired) electrons. The van der Waals surface area contributed by atoms with E-state index in [0.29, 0.717) is 25.9 Å². The van der Waals surface area contributed by atoms with Crippen molar-refractivity contribution in [2.75, 3.05) is 6.61 Å². The Morgan fingerprint density at radius 1 is 1.38 bits per heavy atom. The molecule has 0 aliphatic heterocycles. The maximum absolute atomic E-state index is 11.2. The molecule has 4 heteroatoms. The number of hydrogen-bond donors (Lipinski definition) is 1. The van der Waals surface area contributed by atoms with E-state index < -0.39 is 5.97 Å².